The van der Waals surface area contributed by atoms with Gasteiger partial charge in [-0.15, -0.1) is 10.2 Å². The number of hydrogen-bond donors (Lipinski definition) is 1. The van der Waals surface area contributed by atoms with E-state index >= 15 is 0 Å². The van der Waals surface area contributed by atoms with Gasteiger partial charge in [0.15, 0.2) is 0 Å². The Morgan fingerprint density at radius 1 is 1.13 bits per heavy atom. The van der Waals surface area contributed by atoms with E-state index in [2.05, 4.69) is 25.3 Å². The van der Waals surface area contributed by atoms with Gasteiger partial charge in [0, 0.05) is 5.56 Å². The van der Waals surface area contributed by atoms with E-state index in [1.54, 1.807) is 11.4 Å². The molecule has 0 unspecified atom stereocenters. The van der Waals surface area contributed by atoms with Crippen LogP contribution < -0.4 is 5.84 Å². The first-order valence-corrected chi connectivity index (χ1v) is 7.65. The van der Waals surface area contributed by atoms with E-state index in [1.165, 1.54) is 22.8 Å². The maximum absolute atomic E-state index is 5.93. The zero-order valence-electron chi connectivity index (χ0n) is 12.2. The summed E-state index contributed by atoms with van der Waals surface area (Å²) in [6.07, 6.45) is 1.47. The molecule has 2 N–H and O–H groups in total. The topological polar surface area (TPSA) is 99.8 Å². The molecule has 0 aliphatic heterocycles. The maximum atomic E-state index is 5.93. The molecule has 0 fully saturated rings. The van der Waals surface area contributed by atoms with Crippen LogP contribution in [0.4, 0.5) is 0 Å². The van der Waals surface area contributed by atoms with Crippen molar-refractivity contribution in [1.29, 1.82) is 0 Å². The minimum Gasteiger partial charge on any atom is -0.336 e. The average molecular weight is 324 g/mol. The highest BCUT2D eigenvalue weighted by Gasteiger charge is 2.14. The Morgan fingerprint density at radius 2 is 1.96 bits per heavy atom. The standard InChI is InChI=1S/C14H12N8S/c1-9-19-20-14(21(9)15)23-12-7-11(10-5-3-2-4-6-10)18-13-16-8-17-22(12)13/h2-8H,15H2,1H3. The first-order chi connectivity index (χ1) is 11.2. The Kier molecular flexibility index (Phi) is 3.19. The van der Waals surface area contributed by atoms with Gasteiger partial charge in [0.2, 0.25) is 5.16 Å². The number of nitrogens with zero attached hydrogens (tertiary/aromatic N) is 7. The number of nitrogen functional groups attached to an aromatic ring is 1. The molecule has 8 nitrogen and oxygen atoms in total. The number of nitrogens with two attached hydrogens (primary N) is 1. The summed E-state index contributed by atoms with van der Waals surface area (Å²) >= 11 is 1.36. The van der Waals surface area contributed by atoms with Crippen LogP contribution in [-0.2, 0) is 0 Å². The Bertz CT molecular complexity index is 975. The van der Waals surface area contributed by atoms with Crippen molar-refractivity contribution in [3.63, 3.8) is 0 Å². The fraction of sp³-hybridized carbons (Fsp3) is 0.0714. The molecular formula is C14H12N8S. The number of rotatable bonds is 3. The Hall–Kier alpha value is -2.94. The minimum atomic E-state index is 0.522. The van der Waals surface area contributed by atoms with Crippen LogP contribution >= 0.6 is 11.8 Å². The normalized spacial score (nSPS) is 11.2. The lowest BCUT2D eigenvalue weighted by Gasteiger charge is -2.06. The molecular weight excluding hydrogens is 312 g/mol. The van der Waals surface area contributed by atoms with Gasteiger partial charge in [0.05, 0.1) is 5.69 Å². The lowest BCUT2D eigenvalue weighted by Crippen LogP contribution is -2.11. The van der Waals surface area contributed by atoms with E-state index in [-0.39, 0.29) is 0 Å². The lowest BCUT2D eigenvalue weighted by molar-refractivity contribution is 0.807. The molecule has 0 bridgehead atoms. The monoisotopic (exact) mass is 324 g/mol. The highest BCUT2D eigenvalue weighted by Crippen LogP contribution is 2.28. The SMILES string of the molecule is Cc1nnc(Sc2cc(-c3ccccc3)nc3ncnn23)n1N. The molecule has 9 heteroatoms. The van der Waals surface area contributed by atoms with Crippen molar-refractivity contribution in [2.75, 3.05) is 5.84 Å². The summed E-state index contributed by atoms with van der Waals surface area (Å²) in [5.41, 5.74) is 1.82. The molecule has 0 saturated heterocycles. The average Bonchev–Trinajstić information content (AvgIpc) is 3.17. The number of aryl methyl sites for hydroxylation is 1. The van der Waals surface area contributed by atoms with Gasteiger partial charge >= 0.3 is 0 Å². The summed E-state index contributed by atoms with van der Waals surface area (Å²) in [5.74, 6) is 7.09. The van der Waals surface area contributed by atoms with Crippen molar-refractivity contribution < 1.29 is 0 Å². The molecule has 4 rings (SSSR count). The molecule has 0 spiro atoms. The summed E-state index contributed by atoms with van der Waals surface area (Å²) in [6, 6.07) is 11.8. The molecule has 3 heterocycles. The zero-order chi connectivity index (χ0) is 15.8. The molecule has 0 aliphatic carbocycles. The highest BCUT2D eigenvalue weighted by atomic mass is 32.2. The van der Waals surface area contributed by atoms with Crippen LogP contribution in [0.3, 0.4) is 0 Å². The van der Waals surface area contributed by atoms with Crippen LogP contribution in [0.25, 0.3) is 17.0 Å². The van der Waals surface area contributed by atoms with Crippen molar-refractivity contribution in [3.05, 3.63) is 48.5 Å². The minimum absolute atomic E-state index is 0.522. The van der Waals surface area contributed by atoms with Crippen LogP contribution in [0, 0.1) is 6.92 Å². The van der Waals surface area contributed by atoms with Gasteiger partial charge in [-0.2, -0.15) is 14.6 Å². The first kappa shape index (κ1) is 13.7. The van der Waals surface area contributed by atoms with Gasteiger partial charge in [-0.3, -0.25) is 0 Å². The van der Waals surface area contributed by atoms with Crippen molar-refractivity contribution in [2.24, 2.45) is 0 Å². The molecule has 0 saturated carbocycles. The van der Waals surface area contributed by atoms with Gasteiger partial charge in [0.1, 0.15) is 17.2 Å². The van der Waals surface area contributed by atoms with Gasteiger partial charge in [-0.1, -0.05) is 30.3 Å². The Morgan fingerprint density at radius 3 is 2.70 bits per heavy atom. The van der Waals surface area contributed by atoms with E-state index < -0.39 is 0 Å². The second-order valence-corrected chi connectivity index (χ2v) is 5.81. The summed E-state index contributed by atoms with van der Waals surface area (Å²) in [4.78, 5) is 8.73. The molecule has 3 aromatic heterocycles. The third kappa shape index (κ3) is 2.40. The van der Waals surface area contributed by atoms with Gasteiger partial charge in [-0.25, -0.2) is 9.66 Å². The summed E-state index contributed by atoms with van der Waals surface area (Å²) < 4.78 is 3.09. The summed E-state index contributed by atoms with van der Waals surface area (Å²) in [5, 5.41) is 13.6. The van der Waals surface area contributed by atoms with E-state index in [9.17, 15) is 0 Å². The Balaban J connectivity index is 1.85. The van der Waals surface area contributed by atoms with Gasteiger partial charge in [0.25, 0.3) is 5.78 Å². The summed E-state index contributed by atoms with van der Waals surface area (Å²) in [7, 11) is 0. The lowest BCUT2D eigenvalue weighted by atomic mass is 10.1. The van der Waals surface area contributed by atoms with Crippen LogP contribution in [0.1, 0.15) is 5.82 Å². The number of benzene rings is 1. The fourth-order valence-corrected chi connectivity index (χ4v) is 3.01. The molecule has 1 aromatic carbocycles. The number of hydrogen-bond acceptors (Lipinski definition) is 7. The molecule has 0 aliphatic rings. The zero-order valence-corrected chi connectivity index (χ0v) is 13.0. The van der Waals surface area contributed by atoms with Crippen molar-refractivity contribution in [1.82, 2.24) is 34.5 Å². The van der Waals surface area contributed by atoms with Gasteiger partial charge < -0.3 is 5.84 Å². The maximum Gasteiger partial charge on any atom is 0.253 e. The molecule has 114 valence electrons. The molecule has 4 aromatic rings. The van der Waals surface area contributed by atoms with E-state index in [0.29, 0.717) is 16.8 Å². The quantitative estimate of drug-likeness (QED) is 0.451. The van der Waals surface area contributed by atoms with E-state index in [4.69, 9.17) is 5.84 Å². The fourth-order valence-electron chi connectivity index (χ4n) is 2.13. The largest absolute Gasteiger partial charge is 0.336 e. The third-order valence-electron chi connectivity index (χ3n) is 3.32. The molecule has 0 amide bonds. The Labute approximate surface area is 135 Å². The van der Waals surface area contributed by atoms with Crippen molar-refractivity contribution in [2.45, 2.75) is 17.1 Å². The number of aromatic nitrogens is 7. The van der Waals surface area contributed by atoms with Crippen molar-refractivity contribution >= 4 is 17.5 Å². The summed E-state index contributed by atoms with van der Waals surface area (Å²) in [6.45, 7) is 1.80. The first-order valence-electron chi connectivity index (χ1n) is 6.83. The van der Waals surface area contributed by atoms with Crippen LogP contribution in [0.2, 0.25) is 0 Å². The second kappa shape index (κ2) is 5.36. The van der Waals surface area contributed by atoms with Crippen molar-refractivity contribution in [3.8, 4) is 11.3 Å². The molecule has 0 atom stereocenters. The highest BCUT2D eigenvalue weighted by molar-refractivity contribution is 7.99. The van der Waals surface area contributed by atoms with Crippen LogP contribution in [0.15, 0.2) is 52.9 Å². The molecule has 23 heavy (non-hydrogen) atoms. The van der Waals surface area contributed by atoms with Crippen LogP contribution in [-0.4, -0.2) is 34.5 Å². The predicted octanol–water partition coefficient (Wildman–Crippen LogP) is 1.56. The molecule has 0 radical (unpaired) electrons. The van der Waals surface area contributed by atoms with E-state index in [0.717, 1.165) is 16.3 Å². The van der Waals surface area contributed by atoms with E-state index in [1.807, 2.05) is 36.4 Å². The predicted molar refractivity (Wildman–Crippen MR) is 85.3 cm³/mol. The van der Waals surface area contributed by atoms with Crippen LogP contribution in [0.5, 0.6) is 0 Å². The van der Waals surface area contributed by atoms with Gasteiger partial charge in [-0.05, 0) is 24.8 Å². The third-order valence-corrected chi connectivity index (χ3v) is 4.28. The second-order valence-electron chi connectivity index (χ2n) is 4.82. The smallest absolute Gasteiger partial charge is 0.253 e. The number of fused-ring (bicyclic) bond motifs is 1.